The van der Waals surface area contributed by atoms with Crippen LogP contribution in [0.4, 0.5) is 0 Å². The molecule has 6 nitrogen and oxygen atoms in total. The summed E-state index contributed by atoms with van der Waals surface area (Å²) in [5.74, 6) is -1.23. The smallest absolute Gasteiger partial charge is 0.326 e. The van der Waals surface area contributed by atoms with Crippen LogP contribution in [-0.4, -0.2) is 32.4 Å². The molecule has 0 unspecified atom stereocenters. The monoisotopic (exact) mass is 275 g/mol. The van der Waals surface area contributed by atoms with E-state index in [1.165, 1.54) is 0 Å². The van der Waals surface area contributed by atoms with E-state index in [0.717, 1.165) is 5.65 Å². The highest BCUT2D eigenvalue weighted by molar-refractivity contribution is 5.96. The summed E-state index contributed by atoms with van der Waals surface area (Å²) >= 11 is 0. The fraction of sp³-hybridized carbons (Fsp3) is 0.357. The number of fused-ring (bicyclic) bond motifs is 1. The number of carboxylic acid groups (broad SMARTS) is 1. The van der Waals surface area contributed by atoms with Gasteiger partial charge in [0.2, 0.25) is 0 Å². The Bertz CT molecular complexity index is 633. The van der Waals surface area contributed by atoms with Crippen molar-refractivity contribution in [1.82, 2.24) is 14.7 Å². The van der Waals surface area contributed by atoms with Gasteiger partial charge in [0.15, 0.2) is 0 Å². The van der Waals surface area contributed by atoms with Crippen molar-refractivity contribution in [2.24, 2.45) is 5.92 Å². The third-order valence-electron chi connectivity index (χ3n) is 2.96. The molecule has 2 heterocycles. The lowest BCUT2D eigenvalue weighted by molar-refractivity contribution is -0.139. The number of amides is 1. The van der Waals surface area contributed by atoms with Gasteiger partial charge >= 0.3 is 5.97 Å². The van der Waals surface area contributed by atoms with E-state index in [2.05, 4.69) is 10.3 Å². The number of carboxylic acids is 1. The molecule has 0 spiro atoms. The minimum Gasteiger partial charge on any atom is -0.480 e. The van der Waals surface area contributed by atoms with E-state index in [-0.39, 0.29) is 5.92 Å². The highest BCUT2D eigenvalue weighted by Crippen LogP contribution is 2.08. The lowest BCUT2D eigenvalue weighted by atomic mass is 10.0. The van der Waals surface area contributed by atoms with Gasteiger partial charge in [-0.25, -0.2) is 9.78 Å². The Balaban J connectivity index is 2.15. The molecule has 0 saturated heterocycles. The molecule has 6 heteroatoms. The Morgan fingerprint density at radius 2 is 2.15 bits per heavy atom. The Hall–Kier alpha value is -2.37. The topological polar surface area (TPSA) is 83.7 Å². The van der Waals surface area contributed by atoms with E-state index in [9.17, 15) is 9.59 Å². The van der Waals surface area contributed by atoms with Crippen molar-refractivity contribution in [3.05, 3.63) is 36.3 Å². The van der Waals surface area contributed by atoms with Gasteiger partial charge in [-0.05, 0) is 24.5 Å². The van der Waals surface area contributed by atoms with Crippen molar-refractivity contribution in [3.8, 4) is 0 Å². The fourth-order valence-electron chi connectivity index (χ4n) is 1.99. The largest absolute Gasteiger partial charge is 0.480 e. The number of carbonyl (C=O) groups excluding carboxylic acids is 1. The molecule has 20 heavy (non-hydrogen) atoms. The van der Waals surface area contributed by atoms with Crippen LogP contribution >= 0.6 is 0 Å². The average Bonchev–Trinajstić information content (AvgIpc) is 2.84. The molecule has 1 atom stereocenters. The first-order chi connectivity index (χ1) is 9.47. The van der Waals surface area contributed by atoms with Crippen molar-refractivity contribution >= 4 is 17.5 Å². The van der Waals surface area contributed by atoms with Crippen LogP contribution in [0.15, 0.2) is 30.7 Å². The van der Waals surface area contributed by atoms with E-state index >= 15 is 0 Å². The molecule has 0 fully saturated rings. The van der Waals surface area contributed by atoms with Gasteiger partial charge in [-0.3, -0.25) is 4.79 Å². The van der Waals surface area contributed by atoms with E-state index in [4.69, 9.17) is 5.11 Å². The van der Waals surface area contributed by atoms with Crippen LogP contribution in [-0.2, 0) is 4.79 Å². The van der Waals surface area contributed by atoms with Crippen molar-refractivity contribution in [3.63, 3.8) is 0 Å². The lowest BCUT2D eigenvalue weighted by Gasteiger charge is -2.16. The Morgan fingerprint density at radius 3 is 2.80 bits per heavy atom. The highest BCUT2D eigenvalue weighted by Gasteiger charge is 2.21. The highest BCUT2D eigenvalue weighted by atomic mass is 16.4. The van der Waals surface area contributed by atoms with Crippen molar-refractivity contribution in [2.45, 2.75) is 26.3 Å². The minimum absolute atomic E-state index is 0.188. The third kappa shape index (κ3) is 3.14. The molecule has 0 saturated carbocycles. The van der Waals surface area contributed by atoms with E-state index in [1.54, 1.807) is 35.1 Å². The van der Waals surface area contributed by atoms with E-state index in [1.807, 2.05) is 13.8 Å². The van der Waals surface area contributed by atoms with Gasteiger partial charge in [-0.2, -0.15) is 0 Å². The van der Waals surface area contributed by atoms with Crippen LogP contribution in [0, 0.1) is 5.92 Å². The molecular formula is C14H17N3O3. The van der Waals surface area contributed by atoms with Gasteiger partial charge in [0, 0.05) is 18.6 Å². The number of rotatable bonds is 5. The van der Waals surface area contributed by atoms with E-state index in [0.29, 0.717) is 12.0 Å². The zero-order valence-electron chi connectivity index (χ0n) is 11.4. The standard InChI is InChI=1S/C14H17N3O3/c1-9(2)7-11(14(19)20)16-13(18)10-3-4-12-15-5-6-17(12)8-10/h3-6,8-9,11H,7H2,1-2H3,(H,16,18)(H,19,20)/t11-/m0/s1. The molecule has 2 aromatic rings. The van der Waals surface area contributed by atoms with Crippen molar-refractivity contribution < 1.29 is 14.7 Å². The molecule has 0 aliphatic rings. The van der Waals surface area contributed by atoms with Crippen LogP contribution in [0.2, 0.25) is 0 Å². The predicted octanol–water partition coefficient (Wildman–Crippen LogP) is 1.56. The summed E-state index contributed by atoms with van der Waals surface area (Å²) in [4.78, 5) is 27.3. The normalized spacial score (nSPS) is 12.6. The fourth-order valence-corrected chi connectivity index (χ4v) is 1.99. The second-order valence-corrected chi connectivity index (χ2v) is 5.10. The van der Waals surface area contributed by atoms with Crippen LogP contribution in [0.5, 0.6) is 0 Å². The van der Waals surface area contributed by atoms with Gasteiger partial charge < -0.3 is 14.8 Å². The van der Waals surface area contributed by atoms with Crippen molar-refractivity contribution in [1.29, 1.82) is 0 Å². The number of carbonyl (C=O) groups is 2. The summed E-state index contributed by atoms with van der Waals surface area (Å²) in [6, 6.07) is 2.47. The maximum absolute atomic E-state index is 12.1. The molecule has 2 rings (SSSR count). The summed E-state index contributed by atoms with van der Waals surface area (Å²) in [5, 5.41) is 11.7. The number of hydrogen-bond acceptors (Lipinski definition) is 3. The number of aromatic nitrogens is 2. The van der Waals surface area contributed by atoms with Crippen molar-refractivity contribution in [2.75, 3.05) is 0 Å². The number of pyridine rings is 1. The summed E-state index contributed by atoms with van der Waals surface area (Å²) in [5.41, 5.74) is 1.14. The molecule has 0 aliphatic carbocycles. The lowest BCUT2D eigenvalue weighted by Crippen LogP contribution is -2.41. The maximum Gasteiger partial charge on any atom is 0.326 e. The first-order valence-electron chi connectivity index (χ1n) is 6.43. The van der Waals surface area contributed by atoms with Crippen LogP contribution in [0.25, 0.3) is 5.65 Å². The number of aliphatic carboxylic acids is 1. The van der Waals surface area contributed by atoms with Gasteiger partial charge in [0.1, 0.15) is 11.7 Å². The van der Waals surface area contributed by atoms with Gasteiger partial charge in [-0.1, -0.05) is 13.8 Å². The second kappa shape index (κ2) is 5.73. The molecule has 106 valence electrons. The SMILES string of the molecule is CC(C)C[C@H](NC(=O)c1ccc2nccn2c1)C(=O)O. The number of hydrogen-bond donors (Lipinski definition) is 2. The van der Waals surface area contributed by atoms with Crippen LogP contribution in [0.1, 0.15) is 30.6 Å². The zero-order valence-corrected chi connectivity index (χ0v) is 11.4. The number of nitrogens with one attached hydrogen (secondary N) is 1. The van der Waals surface area contributed by atoms with Gasteiger partial charge in [-0.15, -0.1) is 0 Å². The second-order valence-electron chi connectivity index (χ2n) is 5.10. The molecule has 2 N–H and O–H groups in total. The number of nitrogens with zero attached hydrogens (tertiary/aromatic N) is 2. The zero-order chi connectivity index (χ0) is 14.7. The summed E-state index contributed by atoms with van der Waals surface area (Å²) < 4.78 is 1.72. The summed E-state index contributed by atoms with van der Waals surface area (Å²) in [6.45, 7) is 3.83. The quantitative estimate of drug-likeness (QED) is 0.867. The molecule has 1 amide bonds. The average molecular weight is 275 g/mol. The van der Waals surface area contributed by atoms with Crippen LogP contribution in [0.3, 0.4) is 0 Å². The van der Waals surface area contributed by atoms with E-state index < -0.39 is 17.9 Å². The van der Waals surface area contributed by atoms with Gasteiger partial charge in [0.25, 0.3) is 5.91 Å². The molecule has 0 bridgehead atoms. The predicted molar refractivity (Wildman–Crippen MR) is 73.5 cm³/mol. The third-order valence-corrected chi connectivity index (χ3v) is 2.96. The molecule has 2 aromatic heterocycles. The van der Waals surface area contributed by atoms with Crippen LogP contribution < -0.4 is 5.32 Å². The molecular weight excluding hydrogens is 258 g/mol. The Labute approximate surface area is 116 Å². The first-order valence-corrected chi connectivity index (χ1v) is 6.43. The molecule has 0 aliphatic heterocycles. The molecule has 0 radical (unpaired) electrons. The Kier molecular flexibility index (Phi) is 4.02. The maximum atomic E-state index is 12.1. The summed E-state index contributed by atoms with van der Waals surface area (Å²) in [7, 11) is 0. The molecule has 0 aromatic carbocycles. The first kappa shape index (κ1) is 14.0. The summed E-state index contributed by atoms with van der Waals surface area (Å²) in [6.07, 6.45) is 5.39. The van der Waals surface area contributed by atoms with Gasteiger partial charge in [0.05, 0.1) is 5.56 Å². The Morgan fingerprint density at radius 1 is 1.40 bits per heavy atom. The number of imidazole rings is 1. The minimum atomic E-state index is -1.02.